The van der Waals surface area contributed by atoms with Crippen molar-refractivity contribution in [3.8, 4) is 28.6 Å². The van der Waals surface area contributed by atoms with Gasteiger partial charge in [-0.25, -0.2) is 15.0 Å². The predicted molar refractivity (Wildman–Crippen MR) is 143 cm³/mol. The maximum absolute atomic E-state index is 12.0. The number of benzene rings is 1. The first-order valence-electron chi connectivity index (χ1n) is 11.8. The monoisotopic (exact) mass is 546 g/mol. The zero-order valence-corrected chi connectivity index (χ0v) is 22.4. The molecule has 1 aliphatic rings. The first-order valence-corrected chi connectivity index (χ1v) is 12.6. The average Bonchev–Trinajstić information content (AvgIpc) is 2.90. The molecule has 3 heterocycles. The molecule has 2 aromatic heterocycles. The number of rotatable bonds is 10. The Bertz CT molecular complexity index is 1290. The smallest absolute Gasteiger partial charge is 0.241 e. The van der Waals surface area contributed by atoms with Gasteiger partial charge in [-0.1, -0.05) is 29.8 Å². The van der Waals surface area contributed by atoms with Crippen molar-refractivity contribution < 1.29 is 23.7 Å². The van der Waals surface area contributed by atoms with Crippen LogP contribution < -0.4 is 19.5 Å². The van der Waals surface area contributed by atoms with Gasteiger partial charge in [-0.05, 0) is 31.4 Å². The molecule has 1 N–H and O–H groups in total. The summed E-state index contributed by atoms with van der Waals surface area (Å²) in [6.45, 7) is 6.85. The predicted octanol–water partition coefficient (Wildman–Crippen LogP) is 5.38. The molecule has 1 aromatic carbocycles. The van der Waals surface area contributed by atoms with E-state index >= 15 is 0 Å². The lowest BCUT2D eigenvalue weighted by molar-refractivity contribution is -0.116. The summed E-state index contributed by atoms with van der Waals surface area (Å²) >= 11 is 13.2. The van der Waals surface area contributed by atoms with Gasteiger partial charge in [0.05, 0.1) is 49.2 Å². The minimum atomic E-state index is -0.125. The molecule has 0 amide bonds. The molecule has 0 unspecified atom stereocenters. The van der Waals surface area contributed by atoms with E-state index in [0.717, 1.165) is 6.42 Å². The highest BCUT2D eigenvalue weighted by atomic mass is 35.5. The molecule has 0 radical (unpaired) electrons. The van der Waals surface area contributed by atoms with Gasteiger partial charge in [-0.2, -0.15) is 0 Å². The van der Waals surface area contributed by atoms with Gasteiger partial charge in [-0.15, -0.1) is 0 Å². The van der Waals surface area contributed by atoms with Crippen molar-refractivity contribution in [3.63, 3.8) is 0 Å². The Balaban J connectivity index is 1.75. The molecule has 9 nitrogen and oxygen atoms in total. The molecule has 1 aliphatic heterocycles. The SMILES string of the molecule is C=CC(=O)C[C@H]1CCOC[C@H]1Nc1ncc2cc(-c3c(Cl)c(OC)cc(OC)c3Cl)nc(OCC)c2n1. The Morgan fingerprint density at radius 1 is 1.22 bits per heavy atom. The van der Waals surface area contributed by atoms with E-state index in [1.165, 1.54) is 20.3 Å². The van der Waals surface area contributed by atoms with Crippen LogP contribution in [-0.4, -0.2) is 60.8 Å². The zero-order valence-electron chi connectivity index (χ0n) is 20.8. The molecule has 37 heavy (non-hydrogen) atoms. The van der Waals surface area contributed by atoms with Gasteiger partial charge < -0.3 is 24.3 Å². The number of ketones is 1. The maximum Gasteiger partial charge on any atom is 0.241 e. The average molecular weight is 547 g/mol. The first kappa shape index (κ1) is 26.9. The number of carbonyl (C=O) groups excluding carboxylic acids is 1. The topological polar surface area (TPSA) is 105 Å². The Morgan fingerprint density at radius 3 is 2.59 bits per heavy atom. The summed E-state index contributed by atoms with van der Waals surface area (Å²) in [6.07, 6.45) is 4.17. The molecule has 3 aromatic rings. The largest absolute Gasteiger partial charge is 0.495 e. The van der Waals surface area contributed by atoms with E-state index < -0.39 is 0 Å². The lowest BCUT2D eigenvalue weighted by Crippen LogP contribution is -2.40. The van der Waals surface area contributed by atoms with Gasteiger partial charge in [0.2, 0.25) is 11.8 Å². The molecule has 2 atom stereocenters. The molecule has 0 aliphatic carbocycles. The highest BCUT2D eigenvalue weighted by Crippen LogP contribution is 2.46. The van der Waals surface area contributed by atoms with Crippen LogP contribution in [0.2, 0.25) is 10.0 Å². The van der Waals surface area contributed by atoms with E-state index in [1.807, 2.05) is 6.92 Å². The van der Waals surface area contributed by atoms with Crippen LogP contribution in [0.1, 0.15) is 19.8 Å². The number of allylic oxidation sites excluding steroid dienone is 1. The molecule has 0 saturated carbocycles. The zero-order chi connectivity index (χ0) is 26.5. The quantitative estimate of drug-likeness (QED) is 0.335. The fraction of sp³-hybridized carbons (Fsp3) is 0.385. The van der Waals surface area contributed by atoms with Gasteiger partial charge in [-0.3, -0.25) is 4.79 Å². The second-order valence-electron chi connectivity index (χ2n) is 8.41. The number of pyridine rings is 1. The number of fused-ring (bicyclic) bond motifs is 1. The summed E-state index contributed by atoms with van der Waals surface area (Å²) in [4.78, 5) is 25.8. The van der Waals surface area contributed by atoms with Crippen LogP contribution in [0.25, 0.3) is 22.2 Å². The number of hydrogen-bond acceptors (Lipinski definition) is 9. The molecule has 1 fully saturated rings. The van der Waals surface area contributed by atoms with E-state index in [0.29, 0.717) is 81.8 Å². The summed E-state index contributed by atoms with van der Waals surface area (Å²) in [5.74, 6) is 1.56. The van der Waals surface area contributed by atoms with Crippen molar-refractivity contribution in [1.82, 2.24) is 15.0 Å². The number of carbonyl (C=O) groups is 1. The minimum absolute atomic E-state index is 0.0000131. The molecule has 196 valence electrons. The Kier molecular flexibility index (Phi) is 8.68. The minimum Gasteiger partial charge on any atom is -0.495 e. The van der Waals surface area contributed by atoms with Crippen LogP contribution in [0.5, 0.6) is 17.4 Å². The lowest BCUT2D eigenvalue weighted by atomic mass is 9.90. The van der Waals surface area contributed by atoms with Crippen LogP contribution in [0.3, 0.4) is 0 Å². The maximum atomic E-state index is 12.0. The van der Waals surface area contributed by atoms with Crippen molar-refractivity contribution in [1.29, 1.82) is 0 Å². The third-order valence-corrected chi connectivity index (χ3v) is 6.90. The van der Waals surface area contributed by atoms with Crippen molar-refractivity contribution in [2.45, 2.75) is 25.8 Å². The van der Waals surface area contributed by atoms with E-state index in [4.69, 9.17) is 42.1 Å². The van der Waals surface area contributed by atoms with Gasteiger partial charge in [0.1, 0.15) is 17.0 Å². The van der Waals surface area contributed by atoms with Gasteiger partial charge >= 0.3 is 0 Å². The number of ether oxygens (including phenoxy) is 4. The van der Waals surface area contributed by atoms with Crippen molar-refractivity contribution >= 4 is 45.8 Å². The summed E-state index contributed by atoms with van der Waals surface area (Å²) < 4.78 is 22.3. The number of methoxy groups -OCH3 is 2. The summed E-state index contributed by atoms with van der Waals surface area (Å²) in [6, 6.07) is 3.27. The summed E-state index contributed by atoms with van der Waals surface area (Å²) in [7, 11) is 3.02. The summed E-state index contributed by atoms with van der Waals surface area (Å²) in [5, 5.41) is 4.58. The highest BCUT2D eigenvalue weighted by molar-refractivity contribution is 6.41. The Labute approximate surface area is 225 Å². The van der Waals surface area contributed by atoms with E-state index in [9.17, 15) is 4.79 Å². The number of aromatic nitrogens is 3. The van der Waals surface area contributed by atoms with Gasteiger partial charge in [0.15, 0.2) is 5.78 Å². The molecular weight excluding hydrogens is 519 g/mol. The molecule has 11 heteroatoms. The molecular formula is C26H28Cl2N4O5. The van der Waals surface area contributed by atoms with E-state index in [2.05, 4.69) is 26.8 Å². The van der Waals surface area contributed by atoms with Crippen molar-refractivity contribution in [3.05, 3.63) is 41.0 Å². The number of hydrogen-bond donors (Lipinski definition) is 1. The third-order valence-electron chi connectivity index (χ3n) is 6.15. The summed E-state index contributed by atoms with van der Waals surface area (Å²) in [5.41, 5.74) is 1.41. The second kappa shape index (κ2) is 11.9. The number of anilines is 1. The van der Waals surface area contributed by atoms with E-state index in [1.54, 1.807) is 18.3 Å². The standard InChI is InChI=1S/C26H28Cl2N4O5/c1-5-16(33)9-14-7-8-36-13-18(14)31-26-29-12-15-10-17(30-25(37-6-2)24(15)32-26)21-22(27)19(34-3)11-20(35-4)23(21)28/h5,10-12,14,18H,1,6-9,13H2,2-4H3,(H,29,31,32)/t14-,18-/m1/s1. The van der Waals surface area contributed by atoms with Crippen LogP contribution >= 0.6 is 23.2 Å². The Morgan fingerprint density at radius 2 is 1.95 bits per heavy atom. The fourth-order valence-corrected chi connectivity index (χ4v) is 4.94. The van der Waals surface area contributed by atoms with Crippen LogP contribution in [0.15, 0.2) is 31.0 Å². The number of nitrogens with one attached hydrogen (secondary N) is 1. The van der Waals surface area contributed by atoms with E-state index in [-0.39, 0.29) is 17.7 Å². The Hall–Kier alpha value is -3.14. The first-order chi connectivity index (χ1) is 17.9. The van der Waals surface area contributed by atoms with Gasteiger partial charge in [0.25, 0.3) is 0 Å². The number of halogens is 2. The second-order valence-corrected chi connectivity index (χ2v) is 9.17. The van der Waals surface area contributed by atoms with Crippen LogP contribution in [0.4, 0.5) is 5.95 Å². The fourth-order valence-electron chi connectivity index (χ4n) is 4.25. The third kappa shape index (κ3) is 5.74. The van der Waals surface area contributed by atoms with Crippen LogP contribution in [0, 0.1) is 5.92 Å². The van der Waals surface area contributed by atoms with Crippen molar-refractivity contribution in [2.24, 2.45) is 5.92 Å². The molecule has 0 spiro atoms. The lowest BCUT2D eigenvalue weighted by Gasteiger charge is -2.31. The molecule has 1 saturated heterocycles. The van der Waals surface area contributed by atoms with Gasteiger partial charge in [0, 0.05) is 36.2 Å². The van der Waals surface area contributed by atoms with Crippen LogP contribution in [-0.2, 0) is 9.53 Å². The highest BCUT2D eigenvalue weighted by Gasteiger charge is 2.28. The normalized spacial score (nSPS) is 17.3. The molecule has 4 rings (SSSR count). The molecule has 0 bridgehead atoms. The number of nitrogens with zero attached hydrogens (tertiary/aromatic N) is 3. The van der Waals surface area contributed by atoms with Crippen molar-refractivity contribution in [2.75, 3.05) is 39.4 Å².